The fourth-order valence-corrected chi connectivity index (χ4v) is 2.41. The van der Waals surface area contributed by atoms with Gasteiger partial charge in [0.05, 0.1) is 10.6 Å². The van der Waals surface area contributed by atoms with Crippen LogP contribution in [0.2, 0.25) is 5.02 Å². The average molecular weight is 342 g/mol. The molecule has 0 saturated heterocycles. The van der Waals surface area contributed by atoms with Crippen LogP contribution >= 0.6 is 27.5 Å². The summed E-state index contributed by atoms with van der Waals surface area (Å²) in [7, 11) is 0. The lowest BCUT2D eigenvalue weighted by atomic mass is 9.99. The molecule has 0 aliphatic heterocycles. The molecule has 0 aliphatic carbocycles. The highest BCUT2D eigenvalue weighted by molar-refractivity contribution is 9.10. The molecule has 19 heavy (non-hydrogen) atoms. The molecule has 0 aliphatic rings. The second-order valence-electron chi connectivity index (χ2n) is 4.37. The Bertz CT molecular complexity index is 667. The van der Waals surface area contributed by atoms with Gasteiger partial charge >= 0.3 is 0 Å². The molecular weight excluding hydrogens is 331 g/mol. The summed E-state index contributed by atoms with van der Waals surface area (Å²) in [5.41, 5.74) is 2.29. The van der Waals surface area contributed by atoms with Gasteiger partial charge in [-0.25, -0.2) is 4.39 Å². The smallest absolute Gasteiger partial charge is 0.197 e. The lowest BCUT2D eigenvalue weighted by molar-refractivity contribution is 0.103. The molecule has 1 nitrogen and oxygen atoms in total. The summed E-state index contributed by atoms with van der Waals surface area (Å²) >= 11 is 9.24. The molecule has 4 heteroatoms. The van der Waals surface area contributed by atoms with Crippen LogP contribution in [0.1, 0.15) is 27.0 Å². The third-order valence-electron chi connectivity index (χ3n) is 3.00. The van der Waals surface area contributed by atoms with Gasteiger partial charge < -0.3 is 0 Å². The number of rotatable bonds is 2. The predicted octanol–water partition coefficient (Wildman–Crippen LogP) is 5.09. The van der Waals surface area contributed by atoms with Gasteiger partial charge in [0.25, 0.3) is 0 Å². The highest BCUT2D eigenvalue weighted by atomic mass is 79.9. The first-order chi connectivity index (χ1) is 8.90. The molecule has 0 unspecified atom stereocenters. The second-order valence-corrected chi connectivity index (χ2v) is 5.69. The molecular formula is C15H11BrClFO. The fourth-order valence-electron chi connectivity index (χ4n) is 1.77. The maximum Gasteiger partial charge on any atom is 0.197 e. The molecule has 0 fully saturated rings. The van der Waals surface area contributed by atoms with Gasteiger partial charge in [-0.2, -0.15) is 0 Å². The van der Waals surface area contributed by atoms with E-state index in [2.05, 4.69) is 15.9 Å². The first kappa shape index (κ1) is 14.2. The maximum atomic E-state index is 13.8. The second kappa shape index (κ2) is 5.43. The van der Waals surface area contributed by atoms with Crippen molar-refractivity contribution in [2.24, 2.45) is 0 Å². The van der Waals surface area contributed by atoms with Gasteiger partial charge in [-0.15, -0.1) is 0 Å². The quantitative estimate of drug-likeness (QED) is 0.695. The normalized spacial score (nSPS) is 10.6. The number of halogens is 3. The SMILES string of the molecule is Cc1cc(Cl)c(C(=O)c2ccc(Br)cc2F)cc1C. The molecule has 2 aromatic carbocycles. The third-order valence-corrected chi connectivity index (χ3v) is 3.81. The molecule has 98 valence electrons. The molecule has 0 atom stereocenters. The molecule has 2 rings (SSSR count). The van der Waals surface area contributed by atoms with E-state index in [-0.39, 0.29) is 5.56 Å². The van der Waals surface area contributed by atoms with Crippen LogP contribution in [0.4, 0.5) is 4.39 Å². The van der Waals surface area contributed by atoms with Crippen LogP contribution in [0.5, 0.6) is 0 Å². The summed E-state index contributed by atoms with van der Waals surface area (Å²) in [6.07, 6.45) is 0. The van der Waals surface area contributed by atoms with Gasteiger partial charge in [-0.05, 0) is 55.3 Å². The third kappa shape index (κ3) is 2.88. The monoisotopic (exact) mass is 340 g/mol. The Hall–Kier alpha value is -1.19. The Labute approximate surface area is 124 Å². The molecule has 0 spiro atoms. The Morgan fingerprint density at radius 1 is 1.11 bits per heavy atom. The van der Waals surface area contributed by atoms with Gasteiger partial charge in [0.2, 0.25) is 0 Å². The van der Waals surface area contributed by atoms with Crippen molar-refractivity contribution in [2.75, 3.05) is 0 Å². The van der Waals surface area contributed by atoms with Crippen LogP contribution in [0, 0.1) is 19.7 Å². The summed E-state index contributed by atoms with van der Waals surface area (Å²) in [4.78, 5) is 12.3. The summed E-state index contributed by atoms with van der Waals surface area (Å²) < 4.78 is 14.4. The van der Waals surface area contributed by atoms with Crippen LogP contribution in [-0.2, 0) is 0 Å². The standard InChI is InChI=1S/C15H11BrClFO/c1-8-5-12(13(17)6-9(8)2)15(19)11-4-3-10(16)7-14(11)18/h3-7H,1-2H3. The topological polar surface area (TPSA) is 17.1 Å². The van der Waals surface area contributed by atoms with Crippen molar-refractivity contribution in [3.63, 3.8) is 0 Å². The number of carbonyl (C=O) groups is 1. The first-order valence-corrected chi connectivity index (χ1v) is 6.83. The summed E-state index contributed by atoms with van der Waals surface area (Å²) in [5, 5.41) is 0.343. The predicted molar refractivity (Wildman–Crippen MR) is 78.5 cm³/mol. The average Bonchev–Trinajstić information content (AvgIpc) is 2.33. The first-order valence-electron chi connectivity index (χ1n) is 5.66. The van der Waals surface area contributed by atoms with E-state index >= 15 is 0 Å². The number of benzene rings is 2. The molecule has 0 saturated carbocycles. The van der Waals surface area contributed by atoms with Crippen LogP contribution in [-0.4, -0.2) is 5.78 Å². The lowest BCUT2D eigenvalue weighted by Gasteiger charge is -2.08. The van der Waals surface area contributed by atoms with Crippen molar-refractivity contribution in [3.8, 4) is 0 Å². The van der Waals surface area contributed by atoms with Crippen LogP contribution in [0.15, 0.2) is 34.8 Å². The van der Waals surface area contributed by atoms with E-state index < -0.39 is 11.6 Å². The number of carbonyl (C=O) groups excluding carboxylic acids is 1. The zero-order valence-corrected chi connectivity index (χ0v) is 12.8. The fraction of sp³-hybridized carbons (Fsp3) is 0.133. The minimum absolute atomic E-state index is 0.0216. The van der Waals surface area contributed by atoms with Crippen molar-refractivity contribution in [1.82, 2.24) is 0 Å². The molecule has 0 N–H and O–H groups in total. The Balaban J connectivity index is 2.53. The molecule has 0 aromatic heterocycles. The molecule has 0 heterocycles. The number of hydrogen-bond donors (Lipinski definition) is 0. The largest absolute Gasteiger partial charge is 0.288 e. The van der Waals surface area contributed by atoms with Crippen molar-refractivity contribution in [3.05, 3.63) is 67.9 Å². The number of aryl methyl sites for hydroxylation is 2. The zero-order valence-electron chi connectivity index (χ0n) is 10.4. The molecule has 2 aromatic rings. The Kier molecular flexibility index (Phi) is 4.07. The summed E-state index contributed by atoms with van der Waals surface area (Å²) in [6, 6.07) is 7.77. The van der Waals surface area contributed by atoms with Crippen molar-refractivity contribution >= 4 is 33.3 Å². The maximum absolute atomic E-state index is 13.8. The van der Waals surface area contributed by atoms with E-state index in [0.29, 0.717) is 15.1 Å². The zero-order chi connectivity index (χ0) is 14.2. The summed E-state index contributed by atoms with van der Waals surface area (Å²) in [6.45, 7) is 3.80. The van der Waals surface area contributed by atoms with Crippen LogP contribution in [0.25, 0.3) is 0 Å². The van der Waals surface area contributed by atoms with E-state index in [1.54, 1.807) is 18.2 Å². The highest BCUT2D eigenvalue weighted by Crippen LogP contribution is 2.25. The van der Waals surface area contributed by atoms with Gasteiger partial charge in [0.15, 0.2) is 5.78 Å². The van der Waals surface area contributed by atoms with E-state index in [9.17, 15) is 9.18 Å². The van der Waals surface area contributed by atoms with E-state index in [1.807, 2.05) is 13.8 Å². The Morgan fingerprint density at radius 3 is 2.37 bits per heavy atom. The van der Waals surface area contributed by atoms with Gasteiger partial charge in [0, 0.05) is 10.0 Å². The van der Waals surface area contributed by atoms with Gasteiger partial charge in [-0.3, -0.25) is 4.79 Å². The number of hydrogen-bond acceptors (Lipinski definition) is 1. The van der Waals surface area contributed by atoms with Gasteiger partial charge in [-0.1, -0.05) is 27.5 Å². The molecule has 0 amide bonds. The van der Waals surface area contributed by atoms with Crippen molar-refractivity contribution < 1.29 is 9.18 Å². The minimum Gasteiger partial charge on any atom is -0.288 e. The Morgan fingerprint density at radius 2 is 1.74 bits per heavy atom. The van der Waals surface area contributed by atoms with Crippen LogP contribution < -0.4 is 0 Å². The van der Waals surface area contributed by atoms with Crippen molar-refractivity contribution in [2.45, 2.75) is 13.8 Å². The molecule has 0 radical (unpaired) electrons. The van der Waals surface area contributed by atoms with E-state index in [4.69, 9.17) is 11.6 Å². The highest BCUT2D eigenvalue weighted by Gasteiger charge is 2.17. The van der Waals surface area contributed by atoms with Gasteiger partial charge in [0.1, 0.15) is 5.82 Å². The van der Waals surface area contributed by atoms with E-state index in [0.717, 1.165) is 11.1 Å². The van der Waals surface area contributed by atoms with Crippen molar-refractivity contribution in [1.29, 1.82) is 0 Å². The van der Waals surface area contributed by atoms with Crippen LogP contribution in [0.3, 0.4) is 0 Å². The minimum atomic E-state index is -0.561. The number of ketones is 1. The van der Waals surface area contributed by atoms with E-state index in [1.165, 1.54) is 12.1 Å². The lowest BCUT2D eigenvalue weighted by Crippen LogP contribution is -2.06. The molecule has 0 bridgehead atoms. The summed E-state index contributed by atoms with van der Waals surface area (Å²) in [5.74, 6) is -0.966.